The van der Waals surface area contributed by atoms with Crippen molar-refractivity contribution >= 4 is 17.5 Å². The molecule has 2 amide bonds. The highest BCUT2D eigenvalue weighted by Gasteiger charge is 2.27. The number of halogens is 2. The number of aliphatic hydroxyl groups is 1. The monoisotopic (exact) mass is 298 g/mol. The maximum absolute atomic E-state index is 13.0. The molecule has 2 N–H and O–H groups in total. The number of nitrogens with one attached hydrogen (secondary N) is 1. The van der Waals surface area contributed by atoms with Crippen molar-refractivity contribution in [3.8, 4) is 0 Å². The first kappa shape index (κ1) is 15.4. The number of likely N-dealkylation sites (tertiary alicyclic amines) is 1. The summed E-state index contributed by atoms with van der Waals surface area (Å²) in [6.45, 7) is 0.695. The van der Waals surface area contributed by atoms with E-state index >= 15 is 0 Å². The van der Waals surface area contributed by atoms with Gasteiger partial charge in [-0.15, -0.1) is 0 Å². The molecule has 0 saturated carbocycles. The predicted octanol–water partition coefficient (Wildman–Crippen LogP) is 1.13. The van der Waals surface area contributed by atoms with Crippen LogP contribution in [0, 0.1) is 17.6 Å². The number of hydrogen-bond acceptors (Lipinski definition) is 3. The molecule has 21 heavy (non-hydrogen) atoms. The third-order valence-corrected chi connectivity index (χ3v) is 3.38. The number of amides is 2. The lowest BCUT2D eigenvalue weighted by atomic mass is 9.99. The van der Waals surface area contributed by atoms with E-state index in [2.05, 4.69) is 5.32 Å². The number of aliphatic hydroxyl groups excluding tert-OH is 1. The summed E-state index contributed by atoms with van der Waals surface area (Å²) < 4.78 is 26.0. The Hall–Kier alpha value is -2.02. The molecule has 1 aliphatic heterocycles. The van der Waals surface area contributed by atoms with Crippen LogP contribution in [0.3, 0.4) is 0 Å². The average Bonchev–Trinajstić information content (AvgIpc) is 2.45. The molecule has 1 aliphatic rings. The van der Waals surface area contributed by atoms with Gasteiger partial charge in [0.2, 0.25) is 0 Å². The highest BCUT2D eigenvalue weighted by molar-refractivity contribution is 6.39. The number of hydrogen-bond donors (Lipinski definition) is 2. The fourth-order valence-corrected chi connectivity index (χ4v) is 2.35. The van der Waals surface area contributed by atoms with E-state index in [4.69, 9.17) is 5.11 Å². The Morgan fingerprint density at radius 1 is 1.29 bits per heavy atom. The smallest absolute Gasteiger partial charge is 0.313 e. The van der Waals surface area contributed by atoms with E-state index in [0.29, 0.717) is 25.6 Å². The SMILES string of the molecule is O=C(Nc1cc(F)cc(F)c1)C(=O)N1CCCC(CO)C1. The molecular weight excluding hydrogens is 282 g/mol. The van der Waals surface area contributed by atoms with E-state index in [1.54, 1.807) is 0 Å². The summed E-state index contributed by atoms with van der Waals surface area (Å²) in [5, 5.41) is 11.3. The summed E-state index contributed by atoms with van der Waals surface area (Å²) in [4.78, 5) is 25.1. The molecule has 1 fully saturated rings. The van der Waals surface area contributed by atoms with Gasteiger partial charge in [-0.1, -0.05) is 0 Å². The Bertz CT molecular complexity index is 531. The molecule has 1 unspecified atom stereocenters. The van der Waals surface area contributed by atoms with Crippen LogP contribution in [-0.4, -0.2) is 41.5 Å². The Labute approximate surface area is 120 Å². The maximum Gasteiger partial charge on any atom is 0.313 e. The van der Waals surface area contributed by atoms with Crippen LogP contribution in [0.5, 0.6) is 0 Å². The molecule has 1 aromatic rings. The molecule has 0 radical (unpaired) electrons. The Morgan fingerprint density at radius 2 is 1.95 bits per heavy atom. The molecule has 1 aromatic carbocycles. The minimum Gasteiger partial charge on any atom is -0.396 e. The first-order chi connectivity index (χ1) is 9.99. The molecule has 7 heteroatoms. The lowest BCUT2D eigenvalue weighted by molar-refractivity contribution is -0.144. The van der Waals surface area contributed by atoms with Gasteiger partial charge in [0, 0.05) is 31.5 Å². The number of piperidine rings is 1. The number of carbonyl (C=O) groups excluding carboxylic acids is 2. The van der Waals surface area contributed by atoms with Crippen LogP contribution in [0.15, 0.2) is 18.2 Å². The predicted molar refractivity (Wildman–Crippen MR) is 71.4 cm³/mol. The first-order valence-electron chi connectivity index (χ1n) is 6.67. The number of benzene rings is 1. The maximum atomic E-state index is 13.0. The van der Waals surface area contributed by atoms with Crippen molar-refractivity contribution in [3.63, 3.8) is 0 Å². The lowest BCUT2D eigenvalue weighted by Gasteiger charge is -2.31. The Morgan fingerprint density at radius 3 is 2.57 bits per heavy atom. The highest BCUT2D eigenvalue weighted by atomic mass is 19.1. The van der Waals surface area contributed by atoms with E-state index in [1.807, 2.05) is 0 Å². The van der Waals surface area contributed by atoms with Gasteiger partial charge in [0.15, 0.2) is 0 Å². The minimum atomic E-state index is -0.946. The van der Waals surface area contributed by atoms with Crippen LogP contribution < -0.4 is 5.32 Å². The number of anilines is 1. The van der Waals surface area contributed by atoms with Crippen molar-refractivity contribution in [2.45, 2.75) is 12.8 Å². The molecular formula is C14H16F2N2O3. The summed E-state index contributed by atoms with van der Waals surface area (Å²) in [6.07, 6.45) is 1.51. The van der Waals surface area contributed by atoms with E-state index in [1.165, 1.54) is 4.90 Å². The van der Waals surface area contributed by atoms with Crippen molar-refractivity contribution < 1.29 is 23.5 Å². The summed E-state index contributed by atoms with van der Waals surface area (Å²) in [5.41, 5.74) is -0.110. The van der Waals surface area contributed by atoms with Gasteiger partial charge in [0.25, 0.3) is 0 Å². The summed E-state index contributed by atoms with van der Waals surface area (Å²) in [6, 6.07) is 2.54. The fraction of sp³-hybridized carbons (Fsp3) is 0.429. The van der Waals surface area contributed by atoms with Crippen LogP contribution in [-0.2, 0) is 9.59 Å². The van der Waals surface area contributed by atoms with Crippen LogP contribution >= 0.6 is 0 Å². The van der Waals surface area contributed by atoms with Gasteiger partial charge in [-0.25, -0.2) is 8.78 Å². The van der Waals surface area contributed by atoms with Crippen LogP contribution in [0.2, 0.25) is 0 Å². The second-order valence-corrected chi connectivity index (χ2v) is 5.05. The van der Waals surface area contributed by atoms with E-state index < -0.39 is 23.4 Å². The van der Waals surface area contributed by atoms with Crippen molar-refractivity contribution in [2.75, 3.05) is 25.0 Å². The largest absolute Gasteiger partial charge is 0.396 e. The van der Waals surface area contributed by atoms with Gasteiger partial charge >= 0.3 is 11.8 Å². The zero-order valence-electron chi connectivity index (χ0n) is 11.3. The van der Waals surface area contributed by atoms with Gasteiger partial charge < -0.3 is 15.3 Å². The second kappa shape index (κ2) is 6.62. The third-order valence-electron chi connectivity index (χ3n) is 3.38. The van der Waals surface area contributed by atoms with Gasteiger partial charge in [-0.2, -0.15) is 0 Å². The van der Waals surface area contributed by atoms with Gasteiger partial charge in [0.05, 0.1) is 0 Å². The normalized spacial score (nSPS) is 18.4. The van der Waals surface area contributed by atoms with E-state index in [9.17, 15) is 18.4 Å². The summed E-state index contributed by atoms with van der Waals surface area (Å²) >= 11 is 0. The number of carbonyl (C=O) groups is 2. The molecule has 5 nitrogen and oxygen atoms in total. The summed E-state index contributed by atoms with van der Waals surface area (Å²) in [5.74, 6) is -3.43. The zero-order valence-corrected chi connectivity index (χ0v) is 11.3. The van der Waals surface area contributed by atoms with Gasteiger partial charge in [0.1, 0.15) is 11.6 Å². The van der Waals surface area contributed by atoms with E-state index in [0.717, 1.165) is 18.6 Å². The van der Waals surface area contributed by atoms with Gasteiger partial charge in [-0.05, 0) is 30.9 Å². The first-order valence-corrected chi connectivity index (χ1v) is 6.67. The summed E-state index contributed by atoms with van der Waals surface area (Å²) in [7, 11) is 0. The third kappa shape index (κ3) is 3.98. The fourth-order valence-electron chi connectivity index (χ4n) is 2.35. The molecule has 0 aliphatic carbocycles. The molecule has 1 saturated heterocycles. The highest BCUT2D eigenvalue weighted by Crippen LogP contribution is 2.17. The van der Waals surface area contributed by atoms with Crippen LogP contribution in [0.25, 0.3) is 0 Å². The zero-order chi connectivity index (χ0) is 15.4. The molecule has 0 aromatic heterocycles. The molecule has 1 heterocycles. The quantitative estimate of drug-likeness (QED) is 0.804. The molecule has 114 valence electrons. The van der Waals surface area contributed by atoms with E-state index in [-0.39, 0.29) is 18.2 Å². The second-order valence-electron chi connectivity index (χ2n) is 5.05. The van der Waals surface area contributed by atoms with Crippen molar-refractivity contribution in [1.82, 2.24) is 4.90 Å². The molecule has 2 rings (SSSR count). The molecule has 0 bridgehead atoms. The topological polar surface area (TPSA) is 69.6 Å². The Kier molecular flexibility index (Phi) is 4.85. The molecule has 0 spiro atoms. The lowest BCUT2D eigenvalue weighted by Crippen LogP contribution is -2.45. The van der Waals surface area contributed by atoms with Crippen molar-refractivity contribution in [1.29, 1.82) is 0 Å². The average molecular weight is 298 g/mol. The van der Waals surface area contributed by atoms with Crippen molar-refractivity contribution in [2.24, 2.45) is 5.92 Å². The van der Waals surface area contributed by atoms with Crippen LogP contribution in [0.4, 0.5) is 14.5 Å². The standard InChI is InChI=1S/C14H16F2N2O3/c15-10-4-11(16)6-12(5-10)17-13(20)14(21)18-3-1-2-9(7-18)8-19/h4-6,9,19H,1-3,7-8H2,(H,17,20). The van der Waals surface area contributed by atoms with Crippen LogP contribution in [0.1, 0.15) is 12.8 Å². The minimum absolute atomic E-state index is 0.0397. The van der Waals surface area contributed by atoms with Gasteiger partial charge in [-0.3, -0.25) is 9.59 Å². The number of rotatable bonds is 2. The molecule has 1 atom stereocenters. The van der Waals surface area contributed by atoms with Crippen molar-refractivity contribution in [3.05, 3.63) is 29.8 Å². The Balaban J connectivity index is 2.00. The number of nitrogens with zero attached hydrogens (tertiary/aromatic N) is 1.